The highest BCUT2D eigenvalue weighted by atomic mass is 32.1. The fourth-order valence-corrected chi connectivity index (χ4v) is 4.22. The molecular formula is C21H24N4OS2. The molecule has 0 atom stereocenters. The van der Waals surface area contributed by atoms with Gasteiger partial charge in [-0.2, -0.15) is 0 Å². The third-order valence-electron chi connectivity index (χ3n) is 4.64. The number of hydrogen-bond donors (Lipinski definition) is 0. The second-order valence-electron chi connectivity index (χ2n) is 7.08. The minimum Gasteiger partial charge on any atom is -0.490 e. The Morgan fingerprint density at radius 2 is 2.11 bits per heavy atom. The van der Waals surface area contributed by atoms with E-state index in [2.05, 4.69) is 52.7 Å². The van der Waals surface area contributed by atoms with Crippen LogP contribution in [0.2, 0.25) is 0 Å². The summed E-state index contributed by atoms with van der Waals surface area (Å²) >= 11 is 7.47. The van der Waals surface area contributed by atoms with Crippen LogP contribution in [0.4, 0.5) is 0 Å². The molecule has 1 fully saturated rings. The van der Waals surface area contributed by atoms with E-state index in [1.807, 2.05) is 16.8 Å². The standard InChI is InChI=1S/C21H24N4OS2/c1-3-12-26-18-10-6-16(7-11-18)14-23(2)15-24-21(27)25(17-8-9-17)20(22-24)19-5-4-13-28-19/h3-7,10-11,13,17H,1,8-9,12,14-15H2,2H3. The van der Waals surface area contributed by atoms with Crippen LogP contribution in [0.1, 0.15) is 24.4 Å². The van der Waals surface area contributed by atoms with Crippen LogP contribution >= 0.6 is 23.6 Å². The van der Waals surface area contributed by atoms with E-state index < -0.39 is 0 Å². The summed E-state index contributed by atoms with van der Waals surface area (Å²) in [5.41, 5.74) is 1.22. The molecule has 0 unspecified atom stereocenters. The molecule has 1 saturated carbocycles. The van der Waals surface area contributed by atoms with Crippen molar-refractivity contribution in [2.75, 3.05) is 13.7 Å². The summed E-state index contributed by atoms with van der Waals surface area (Å²) in [5, 5.41) is 6.94. The average molecular weight is 413 g/mol. The predicted octanol–water partition coefficient (Wildman–Crippen LogP) is 5.13. The maximum atomic E-state index is 5.76. The summed E-state index contributed by atoms with van der Waals surface area (Å²) in [7, 11) is 2.09. The first kappa shape index (κ1) is 19.1. The highest BCUT2D eigenvalue weighted by Crippen LogP contribution is 2.39. The van der Waals surface area contributed by atoms with Crippen molar-refractivity contribution in [3.8, 4) is 16.5 Å². The van der Waals surface area contributed by atoms with Gasteiger partial charge in [-0.05, 0) is 61.2 Å². The van der Waals surface area contributed by atoms with Crippen molar-refractivity contribution in [1.29, 1.82) is 0 Å². The first-order valence-corrected chi connectivity index (χ1v) is 10.7. The Bertz CT molecular complexity index is 985. The van der Waals surface area contributed by atoms with E-state index in [0.29, 0.717) is 19.3 Å². The molecule has 0 bridgehead atoms. The Kier molecular flexibility index (Phi) is 5.75. The van der Waals surface area contributed by atoms with Gasteiger partial charge in [0, 0.05) is 12.6 Å². The van der Waals surface area contributed by atoms with Crippen molar-refractivity contribution < 1.29 is 4.74 Å². The molecule has 1 aliphatic carbocycles. The molecule has 2 heterocycles. The zero-order valence-electron chi connectivity index (χ0n) is 16.0. The first-order chi connectivity index (χ1) is 13.7. The van der Waals surface area contributed by atoms with Crippen molar-refractivity contribution in [3.05, 3.63) is 64.8 Å². The van der Waals surface area contributed by atoms with E-state index in [9.17, 15) is 0 Å². The lowest BCUT2D eigenvalue weighted by Gasteiger charge is -2.16. The Hall–Kier alpha value is -2.22. The molecule has 28 heavy (non-hydrogen) atoms. The number of aromatic nitrogens is 3. The maximum absolute atomic E-state index is 5.76. The van der Waals surface area contributed by atoms with E-state index >= 15 is 0 Å². The topological polar surface area (TPSA) is 35.2 Å². The Balaban J connectivity index is 1.47. The summed E-state index contributed by atoms with van der Waals surface area (Å²) in [6.07, 6.45) is 4.12. The minimum absolute atomic E-state index is 0.506. The predicted molar refractivity (Wildman–Crippen MR) is 116 cm³/mol. The molecule has 0 aliphatic heterocycles. The van der Waals surface area contributed by atoms with Crippen LogP contribution in [0.5, 0.6) is 5.75 Å². The van der Waals surface area contributed by atoms with Gasteiger partial charge < -0.3 is 4.74 Å². The van der Waals surface area contributed by atoms with Crippen LogP contribution in [0.15, 0.2) is 54.4 Å². The second kappa shape index (κ2) is 8.43. The van der Waals surface area contributed by atoms with Crippen LogP contribution in [0.3, 0.4) is 0 Å². The number of hydrogen-bond acceptors (Lipinski definition) is 5. The smallest absolute Gasteiger partial charge is 0.199 e. The van der Waals surface area contributed by atoms with Crippen LogP contribution < -0.4 is 4.74 Å². The maximum Gasteiger partial charge on any atom is 0.199 e. The Morgan fingerprint density at radius 3 is 2.75 bits per heavy atom. The lowest BCUT2D eigenvalue weighted by molar-refractivity contribution is 0.243. The molecule has 4 rings (SSSR count). The van der Waals surface area contributed by atoms with Gasteiger partial charge in [-0.25, -0.2) is 4.68 Å². The summed E-state index contributed by atoms with van der Waals surface area (Å²) in [6.45, 7) is 5.66. The molecule has 0 saturated heterocycles. The minimum atomic E-state index is 0.506. The normalized spacial score (nSPS) is 13.8. The fraction of sp³-hybridized carbons (Fsp3) is 0.333. The van der Waals surface area contributed by atoms with E-state index in [1.54, 1.807) is 17.4 Å². The molecule has 146 valence electrons. The molecule has 0 amide bonds. The molecule has 0 radical (unpaired) electrons. The number of thiophene rings is 1. The molecule has 0 spiro atoms. The van der Waals surface area contributed by atoms with Crippen molar-refractivity contribution >= 4 is 23.6 Å². The summed E-state index contributed by atoms with van der Waals surface area (Å²) in [4.78, 5) is 3.40. The molecule has 0 N–H and O–H groups in total. The molecule has 7 heteroatoms. The van der Waals surface area contributed by atoms with Crippen molar-refractivity contribution in [3.63, 3.8) is 0 Å². The number of benzene rings is 1. The highest BCUT2D eigenvalue weighted by Gasteiger charge is 2.29. The Morgan fingerprint density at radius 1 is 1.32 bits per heavy atom. The van der Waals surface area contributed by atoms with E-state index in [4.69, 9.17) is 22.1 Å². The number of nitrogens with zero attached hydrogens (tertiary/aromatic N) is 4. The quantitative estimate of drug-likeness (QED) is 0.360. The van der Waals surface area contributed by atoms with Crippen LogP contribution in [-0.4, -0.2) is 32.9 Å². The summed E-state index contributed by atoms with van der Waals surface area (Å²) in [6, 6.07) is 12.9. The van der Waals surface area contributed by atoms with Crippen LogP contribution in [0.25, 0.3) is 10.7 Å². The zero-order chi connectivity index (χ0) is 19.5. The molecule has 1 aromatic carbocycles. The summed E-state index contributed by atoms with van der Waals surface area (Å²) < 4.78 is 10.5. The largest absolute Gasteiger partial charge is 0.490 e. The summed E-state index contributed by atoms with van der Waals surface area (Å²) in [5.74, 6) is 1.86. The number of rotatable bonds is 9. The zero-order valence-corrected chi connectivity index (χ0v) is 17.6. The molecule has 3 aromatic rings. The van der Waals surface area contributed by atoms with Gasteiger partial charge in [0.1, 0.15) is 12.4 Å². The SMILES string of the molecule is C=CCOc1ccc(CN(C)Cn2nc(-c3cccs3)n(C3CC3)c2=S)cc1. The van der Waals surface area contributed by atoms with Gasteiger partial charge in [0.2, 0.25) is 0 Å². The Labute approximate surface area is 174 Å². The van der Waals surface area contributed by atoms with Gasteiger partial charge in [-0.3, -0.25) is 9.47 Å². The average Bonchev–Trinajstić information content (AvgIpc) is 3.27. The fourth-order valence-electron chi connectivity index (χ4n) is 3.18. The third-order valence-corrected chi connectivity index (χ3v) is 5.92. The molecule has 2 aromatic heterocycles. The number of ether oxygens (including phenoxy) is 1. The van der Waals surface area contributed by atoms with Gasteiger partial charge in [0.25, 0.3) is 0 Å². The lowest BCUT2D eigenvalue weighted by atomic mass is 10.2. The lowest BCUT2D eigenvalue weighted by Crippen LogP contribution is -2.22. The third kappa shape index (κ3) is 4.27. The molecule has 1 aliphatic rings. The first-order valence-electron chi connectivity index (χ1n) is 9.40. The van der Waals surface area contributed by atoms with Crippen molar-refractivity contribution in [1.82, 2.24) is 19.2 Å². The highest BCUT2D eigenvalue weighted by molar-refractivity contribution is 7.71. The van der Waals surface area contributed by atoms with Crippen LogP contribution in [0, 0.1) is 4.77 Å². The van der Waals surface area contributed by atoms with Gasteiger partial charge in [0.15, 0.2) is 10.6 Å². The van der Waals surface area contributed by atoms with E-state index in [-0.39, 0.29) is 0 Å². The van der Waals surface area contributed by atoms with Gasteiger partial charge in [0.05, 0.1) is 11.5 Å². The molecule has 5 nitrogen and oxygen atoms in total. The van der Waals surface area contributed by atoms with Gasteiger partial charge in [-0.15, -0.1) is 16.4 Å². The van der Waals surface area contributed by atoms with Crippen molar-refractivity contribution in [2.24, 2.45) is 0 Å². The van der Waals surface area contributed by atoms with E-state index in [1.165, 1.54) is 23.3 Å². The van der Waals surface area contributed by atoms with E-state index in [0.717, 1.165) is 22.9 Å². The van der Waals surface area contributed by atoms with Crippen molar-refractivity contribution in [2.45, 2.75) is 32.1 Å². The van der Waals surface area contributed by atoms with Gasteiger partial charge >= 0.3 is 0 Å². The monoisotopic (exact) mass is 412 g/mol. The van der Waals surface area contributed by atoms with Crippen LogP contribution in [-0.2, 0) is 13.2 Å². The molecular weight excluding hydrogens is 388 g/mol. The van der Waals surface area contributed by atoms with Gasteiger partial charge in [-0.1, -0.05) is 30.9 Å². The second-order valence-corrected chi connectivity index (χ2v) is 8.40.